The van der Waals surface area contributed by atoms with Gasteiger partial charge in [0.2, 0.25) is 0 Å². The highest BCUT2D eigenvalue weighted by molar-refractivity contribution is 5.02. The Kier molecular flexibility index (Phi) is 3.77. The largest absolute Gasteiger partial charge is 0.304 e. The summed E-state index contributed by atoms with van der Waals surface area (Å²) >= 11 is 0. The molecule has 2 aliphatic heterocycles. The normalized spacial score (nSPS) is 23.5. The second-order valence-electron chi connectivity index (χ2n) is 5.84. The molecule has 0 aromatic carbocycles. The maximum atomic E-state index is 4.42. The molecule has 0 radical (unpaired) electrons. The van der Waals surface area contributed by atoms with Crippen LogP contribution in [0.5, 0.6) is 0 Å². The minimum Gasteiger partial charge on any atom is -0.304 e. The molecule has 2 fully saturated rings. The topological polar surface area (TPSA) is 35.5 Å². The van der Waals surface area contributed by atoms with Gasteiger partial charge in [-0.15, -0.1) is 0 Å². The van der Waals surface area contributed by atoms with E-state index in [1.165, 1.54) is 39.3 Å². The number of aromatic nitrogens is 2. The van der Waals surface area contributed by atoms with Gasteiger partial charge in [-0.1, -0.05) is 0 Å². The van der Waals surface area contributed by atoms with E-state index in [1.807, 2.05) is 19.3 Å². The lowest BCUT2D eigenvalue weighted by atomic mass is 10.1. The Morgan fingerprint density at radius 1 is 1.11 bits per heavy atom. The molecule has 2 saturated heterocycles. The SMILES string of the molecule is Cc1cnc(CN2CC(N3CCN(C)CC3)C2)cn1. The highest BCUT2D eigenvalue weighted by Crippen LogP contribution is 2.18. The third-order valence-electron chi connectivity index (χ3n) is 4.21. The predicted molar refractivity (Wildman–Crippen MR) is 74.9 cm³/mol. The number of nitrogens with zero attached hydrogens (tertiary/aromatic N) is 5. The van der Waals surface area contributed by atoms with Crippen molar-refractivity contribution in [2.75, 3.05) is 46.3 Å². The third kappa shape index (κ3) is 3.11. The van der Waals surface area contributed by atoms with Gasteiger partial charge >= 0.3 is 0 Å². The standard InChI is InChI=1S/C14H23N5/c1-12-7-16-13(8-15-12)9-18-10-14(11-18)19-5-3-17(2)4-6-19/h7-8,14H,3-6,9-11H2,1-2H3. The number of hydrogen-bond donors (Lipinski definition) is 0. The summed E-state index contributed by atoms with van der Waals surface area (Å²) in [5, 5.41) is 0. The zero-order valence-electron chi connectivity index (χ0n) is 11.9. The Morgan fingerprint density at radius 2 is 1.84 bits per heavy atom. The molecule has 0 amide bonds. The molecule has 5 nitrogen and oxygen atoms in total. The lowest BCUT2D eigenvalue weighted by molar-refractivity contribution is 0.00482. The first-order chi connectivity index (χ1) is 9.20. The molecule has 0 N–H and O–H groups in total. The molecule has 19 heavy (non-hydrogen) atoms. The van der Waals surface area contributed by atoms with Crippen molar-refractivity contribution in [1.29, 1.82) is 0 Å². The van der Waals surface area contributed by atoms with Crippen LogP contribution in [-0.2, 0) is 6.54 Å². The number of likely N-dealkylation sites (N-methyl/N-ethyl adjacent to an activating group) is 1. The molecule has 0 spiro atoms. The van der Waals surface area contributed by atoms with Gasteiger partial charge in [-0.3, -0.25) is 19.8 Å². The summed E-state index contributed by atoms with van der Waals surface area (Å²) in [6.07, 6.45) is 3.76. The van der Waals surface area contributed by atoms with E-state index in [1.54, 1.807) is 0 Å². The molecule has 0 bridgehead atoms. The summed E-state index contributed by atoms with van der Waals surface area (Å²) in [6, 6.07) is 0.757. The Labute approximate surface area is 115 Å². The van der Waals surface area contributed by atoms with Gasteiger partial charge in [0.1, 0.15) is 0 Å². The summed E-state index contributed by atoms with van der Waals surface area (Å²) in [4.78, 5) is 16.2. The number of hydrogen-bond acceptors (Lipinski definition) is 5. The van der Waals surface area contributed by atoms with Crippen molar-refractivity contribution in [3.63, 3.8) is 0 Å². The zero-order chi connectivity index (χ0) is 13.2. The maximum Gasteiger partial charge on any atom is 0.0727 e. The summed E-state index contributed by atoms with van der Waals surface area (Å²) in [6.45, 7) is 10.1. The zero-order valence-corrected chi connectivity index (χ0v) is 11.9. The molecule has 1 aromatic rings. The molecule has 5 heteroatoms. The highest BCUT2D eigenvalue weighted by Gasteiger charge is 2.32. The van der Waals surface area contributed by atoms with Gasteiger partial charge in [-0.05, 0) is 14.0 Å². The van der Waals surface area contributed by atoms with Gasteiger partial charge in [0.15, 0.2) is 0 Å². The van der Waals surface area contributed by atoms with Gasteiger partial charge in [-0.2, -0.15) is 0 Å². The molecule has 0 atom stereocenters. The van der Waals surface area contributed by atoms with Gasteiger partial charge in [0.25, 0.3) is 0 Å². The van der Waals surface area contributed by atoms with Crippen molar-refractivity contribution < 1.29 is 0 Å². The van der Waals surface area contributed by atoms with Crippen LogP contribution in [0.25, 0.3) is 0 Å². The molecule has 3 heterocycles. The van der Waals surface area contributed by atoms with Crippen LogP contribution in [0, 0.1) is 6.92 Å². The fraction of sp³-hybridized carbons (Fsp3) is 0.714. The molecule has 0 aliphatic carbocycles. The average Bonchev–Trinajstić information content (AvgIpc) is 2.37. The van der Waals surface area contributed by atoms with Crippen LogP contribution >= 0.6 is 0 Å². The van der Waals surface area contributed by atoms with E-state index in [2.05, 4.69) is 31.7 Å². The summed E-state index contributed by atoms with van der Waals surface area (Å²) in [5.41, 5.74) is 2.07. The molecular weight excluding hydrogens is 238 g/mol. The van der Waals surface area contributed by atoms with Crippen LogP contribution in [0.3, 0.4) is 0 Å². The molecular formula is C14H23N5. The maximum absolute atomic E-state index is 4.42. The van der Waals surface area contributed by atoms with E-state index in [0.717, 1.165) is 24.0 Å². The lowest BCUT2D eigenvalue weighted by Crippen LogP contribution is -2.62. The first kappa shape index (κ1) is 13.0. The Balaban J connectivity index is 1.44. The first-order valence-corrected chi connectivity index (χ1v) is 7.13. The first-order valence-electron chi connectivity index (χ1n) is 7.13. The smallest absolute Gasteiger partial charge is 0.0727 e. The second kappa shape index (κ2) is 5.53. The van der Waals surface area contributed by atoms with Crippen molar-refractivity contribution in [2.24, 2.45) is 0 Å². The van der Waals surface area contributed by atoms with Gasteiger partial charge in [0.05, 0.1) is 11.4 Å². The number of likely N-dealkylation sites (tertiary alicyclic amines) is 1. The Hall–Kier alpha value is -1.04. The van der Waals surface area contributed by atoms with Crippen LogP contribution in [-0.4, -0.2) is 77.0 Å². The van der Waals surface area contributed by atoms with Crippen molar-refractivity contribution in [3.05, 3.63) is 23.8 Å². The van der Waals surface area contributed by atoms with Crippen molar-refractivity contribution in [3.8, 4) is 0 Å². The molecule has 1 aromatic heterocycles. The van der Waals surface area contributed by atoms with Crippen LogP contribution < -0.4 is 0 Å². The summed E-state index contributed by atoms with van der Waals surface area (Å²) in [5.74, 6) is 0. The molecule has 0 unspecified atom stereocenters. The molecule has 3 rings (SSSR count). The van der Waals surface area contributed by atoms with E-state index in [-0.39, 0.29) is 0 Å². The van der Waals surface area contributed by atoms with Crippen molar-refractivity contribution in [1.82, 2.24) is 24.7 Å². The van der Waals surface area contributed by atoms with E-state index < -0.39 is 0 Å². The van der Waals surface area contributed by atoms with Crippen molar-refractivity contribution >= 4 is 0 Å². The fourth-order valence-corrected chi connectivity index (χ4v) is 2.82. The van der Waals surface area contributed by atoms with Gasteiger partial charge in [-0.25, -0.2) is 0 Å². The fourth-order valence-electron chi connectivity index (χ4n) is 2.82. The molecule has 104 valence electrons. The van der Waals surface area contributed by atoms with Crippen LogP contribution in [0.4, 0.5) is 0 Å². The number of aryl methyl sites for hydroxylation is 1. The Morgan fingerprint density at radius 3 is 2.47 bits per heavy atom. The lowest BCUT2D eigenvalue weighted by Gasteiger charge is -2.47. The van der Waals surface area contributed by atoms with E-state index in [4.69, 9.17) is 0 Å². The average molecular weight is 261 g/mol. The van der Waals surface area contributed by atoms with Crippen molar-refractivity contribution in [2.45, 2.75) is 19.5 Å². The van der Waals surface area contributed by atoms with E-state index >= 15 is 0 Å². The van der Waals surface area contributed by atoms with Crippen LogP contribution in [0.2, 0.25) is 0 Å². The summed E-state index contributed by atoms with van der Waals surface area (Å²) < 4.78 is 0. The summed E-state index contributed by atoms with van der Waals surface area (Å²) in [7, 11) is 2.21. The Bertz CT molecular complexity index is 404. The molecule has 2 aliphatic rings. The van der Waals surface area contributed by atoms with Crippen LogP contribution in [0.15, 0.2) is 12.4 Å². The highest BCUT2D eigenvalue weighted by atomic mass is 15.3. The number of piperazine rings is 1. The predicted octanol–water partition coefficient (Wildman–Crippen LogP) is 0.217. The third-order valence-corrected chi connectivity index (χ3v) is 4.21. The number of rotatable bonds is 3. The van der Waals surface area contributed by atoms with Crippen LogP contribution in [0.1, 0.15) is 11.4 Å². The minimum atomic E-state index is 0.757. The quantitative estimate of drug-likeness (QED) is 0.777. The van der Waals surface area contributed by atoms with E-state index in [9.17, 15) is 0 Å². The monoisotopic (exact) mass is 261 g/mol. The minimum absolute atomic E-state index is 0.757. The molecule has 0 saturated carbocycles. The van der Waals surface area contributed by atoms with E-state index in [0.29, 0.717) is 0 Å². The second-order valence-corrected chi connectivity index (χ2v) is 5.84. The van der Waals surface area contributed by atoms with Gasteiger partial charge in [0, 0.05) is 64.2 Å². The van der Waals surface area contributed by atoms with Gasteiger partial charge < -0.3 is 4.90 Å².